The van der Waals surface area contributed by atoms with E-state index in [-0.39, 0.29) is 16.7 Å². The third kappa shape index (κ3) is 4.85. The van der Waals surface area contributed by atoms with Crippen molar-refractivity contribution in [2.24, 2.45) is 0 Å². The van der Waals surface area contributed by atoms with Gasteiger partial charge < -0.3 is 9.80 Å². The maximum atomic E-state index is 13.4. The van der Waals surface area contributed by atoms with E-state index in [4.69, 9.17) is 17.5 Å². The Morgan fingerprint density at radius 1 is 1.13 bits per heavy atom. The Bertz CT molecular complexity index is 888. The zero-order valence-electron chi connectivity index (χ0n) is 17.8. The first-order chi connectivity index (χ1) is 14.6. The van der Waals surface area contributed by atoms with Crippen molar-refractivity contribution in [1.29, 1.82) is 5.26 Å². The zero-order valence-corrected chi connectivity index (χ0v) is 18.7. The van der Waals surface area contributed by atoms with Crippen LogP contribution in [-0.2, 0) is 11.0 Å². The number of nitrogens with zero attached hydrogens (tertiary/aromatic N) is 4. The number of anilines is 1. The van der Waals surface area contributed by atoms with Crippen LogP contribution in [-0.4, -0.2) is 52.5 Å². The summed E-state index contributed by atoms with van der Waals surface area (Å²) in [6, 6.07) is 4.82. The lowest BCUT2D eigenvalue weighted by Crippen LogP contribution is -2.44. The number of unbranched alkanes of at least 4 members (excludes halogenated alkanes) is 2. The summed E-state index contributed by atoms with van der Waals surface area (Å²) in [4.78, 5) is 18.5. The Kier molecular flexibility index (Phi) is 6.92. The van der Waals surface area contributed by atoms with E-state index in [1.165, 1.54) is 18.9 Å². The van der Waals surface area contributed by atoms with Crippen LogP contribution in [0.15, 0.2) is 18.2 Å². The molecule has 0 atom stereocenters. The lowest BCUT2D eigenvalue weighted by atomic mass is 10.0. The molecule has 0 aliphatic carbocycles. The molecule has 3 rings (SSSR count). The zero-order chi connectivity index (χ0) is 22.8. The Morgan fingerprint density at radius 3 is 2.39 bits per heavy atom. The fourth-order valence-corrected chi connectivity index (χ4v) is 4.74. The Hall–Kier alpha value is -2.18. The molecule has 2 aliphatic rings. The number of hydrogen-bond donors (Lipinski definition) is 0. The van der Waals surface area contributed by atoms with E-state index in [1.807, 2.05) is 0 Å². The van der Waals surface area contributed by atoms with Gasteiger partial charge in [0.2, 0.25) is 0 Å². The highest BCUT2D eigenvalue weighted by molar-refractivity contribution is 7.80. The molecular weight excluding hydrogens is 425 g/mol. The van der Waals surface area contributed by atoms with E-state index in [0.717, 1.165) is 55.9 Å². The van der Waals surface area contributed by atoms with E-state index in [0.29, 0.717) is 6.54 Å². The van der Waals surface area contributed by atoms with Crippen molar-refractivity contribution >= 4 is 28.9 Å². The second-order valence-corrected chi connectivity index (χ2v) is 8.95. The largest absolute Gasteiger partial charge is 0.417 e. The average molecular weight is 453 g/mol. The third-order valence-corrected chi connectivity index (χ3v) is 6.47. The summed E-state index contributed by atoms with van der Waals surface area (Å²) in [5.74, 6) is -0.368. The first-order valence-electron chi connectivity index (χ1n) is 10.6. The molecule has 2 saturated heterocycles. The molecule has 0 bridgehead atoms. The van der Waals surface area contributed by atoms with Gasteiger partial charge in [-0.3, -0.25) is 9.69 Å². The van der Waals surface area contributed by atoms with Gasteiger partial charge in [-0.25, -0.2) is 0 Å². The molecule has 0 spiro atoms. The maximum Gasteiger partial charge on any atom is 0.417 e. The molecule has 2 heterocycles. The lowest BCUT2D eigenvalue weighted by Gasteiger charge is -2.29. The number of rotatable bonds is 7. The lowest BCUT2D eigenvalue weighted by molar-refractivity contribution is -0.137. The Morgan fingerprint density at radius 2 is 1.77 bits per heavy atom. The van der Waals surface area contributed by atoms with E-state index in [9.17, 15) is 18.0 Å². The van der Waals surface area contributed by atoms with Gasteiger partial charge in [0.1, 0.15) is 5.54 Å². The predicted molar refractivity (Wildman–Crippen MR) is 117 cm³/mol. The molecule has 1 amide bonds. The minimum absolute atomic E-state index is 0.0333. The summed E-state index contributed by atoms with van der Waals surface area (Å²) in [6.07, 6.45) is 0.743. The number of likely N-dealkylation sites (tertiary alicyclic amines) is 1. The fraction of sp³-hybridized carbons (Fsp3) is 0.591. The molecule has 1 aromatic carbocycles. The number of halogens is 3. The van der Waals surface area contributed by atoms with E-state index >= 15 is 0 Å². The van der Waals surface area contributed by atoms with Crippen LogP contribution in [0.4, 0.5) is 18.9 Å². The van der Waals surface area contributed by atoms with Gasteiger partial charge in [0.25, 0.3) is 5.91 Å². The van der Waals surface area contributed by atoms with Crippen molar-refractivity contribution in [3.63, 3.8) is 0 Å². The van der Waals surface area contributed by atoms with Crippen molar-refractivity contribution < 1.29 is 18.0 Å². The van der Waals surface area contributed by atoms with Gasteiger partial charge in [-0.1, -0.05) is 6.42 Å². The van der Waals surface area contributed by atoms with Gasteiger partial charge in [0.15, 0.2) is 5.11 Å². The van der Waals surface area contributed by atoms with E-state index in [1.54, 1.807) is 24.8 Å². The normalized spacial score (nSPS) is 19.4. The summed E-state index contributed by atoms with van der Waals surface area (Å²) in [5.41, 5.74) is -2.46. The first kappa shape index (κ1) is 23.5. The van der Waals surface area contributed by atoms with Crippen molar-refractivity contribution in [3.05, 3.63) is 29.3 Å². The summed E-state index contributed by atoms with van der Waals surface area (Å²) in [7, 11) is 0. The number of nitriles is 1. The highest BCUT2D eigenvalue weighted by Crippen LogP contribution is 2.37. The quantitative estimate of drug-likeness (QED) is 0.449. The minimum Gasteiger partial charge on any atom is -0.334 e. The molecule has 0 radical (unpaired) electrons. The number of thiocarbonyl (C=S) groups is 1. The fourth-order valence-electron chi connectivity index (χ4n) is 4.23. The second-order valence-electron chi connectivity index (χ2n) is 8.58. The molecule has 168 valence electrons. The molecule has 0 aromatic heterocycles. The van der Waals surface area contributed by atoms with Gasteiger partial charge in [0.05, 0.1) is 22.9 Å². The topological polar surface area (TPSA) is 50.6 Å². The van der Waals surface area contributed by atoms with Crippen LogP contribution < -0.4 is 4.90 Å². The van der Waals surface area contributed by atoms with Crippen molar-refractivity contribution in [2.45, 2.75) is 57.7 Å². The van der Waals surface area contributed by atoms with Crippen LogP contribution in [0.2, 0.25) is 0 Å². The Balaban J connectivity index is 1.71. The number of benzene rings is 1. The number of amides is 1. The van der Waals surface area contributed by atoms with E-state index < -0.39 is 22.8 Å². The number of carbonyl (C=O) groups excluding carboxylic acids is 1. The van der Waals surface area contributed by atoms with Crippen molar-refractivity contribution in [2.75, 3.05) is 31.1 Å². The SMILES string of the molecule is CC1(C)C(=O)N(c2ccc(C#N)c(C(F)(F)F)c2)C(=S)N1CCCCCN1CCCC1. The maximum absolute atomic E-state index is 13.4. The minimum atomic E-state index is -4.70. The van der Waals surface area contributed by atoms with Gasteiger partial charge in [-0.2, -0.15) is 18.4 Å². The van der Waals surface area contributed by atoms with Crippen LogP contribution in [0.5, 0.6) is 0 Å². The molecule has 2 fully saturated rings. The number of alkyl halides is 3. The predicted octanol–water partition coefficient (Wildman–Crippen LogP) is 4.56. The van der Waals surface area contributed by atoms with E-state index in [2.05, 4.69) is 4.90 Å². The van der Waals surface area contributed by atoms with Crippen LogP contribution in [0.25, 0.3) is 0 Å². The molecule has 1 aromatic rings. The summed E-state index contributed by atoms with van der Waals surface area (Å²) >= 11 is 5.51. The third-order valence-electron chi connectivity index (χ3n) is 6.07. The van der Waals surface area contributed by atoms with Crippen LogP contribution in [0.1, 0.15) is 57.1 Å². The monoisotopic (exact) mass is 452 g/mol. The Labute approximate surface area is 186 Å². The molecule has 0 saturated carbocycles. The standard InChI is InChI=1S/C22H27F3N4OS/c1-21(2)19(30)29(17-9-8-16(15-26)18(14-17)22(23,24)25)20(31)28(21)13-5-3-4-10-27-11-6-7-12-27/h8-9,14H,3-7,10-13H2,1-2H3. The van der Waals surface area contributed by atoms with Gasteiger partial charge in [-0.15, -0.1) is 0 Å². The van der Waals surface area contributed by atoms with Crippen molar-refractivity contribution in [1.82, 2.24) is 9.80 Å². The first-order valence-corrected chi connectivity index (χ1v) is 11.0. The highest BCUT2D eigenvalue weighted by atomic mass is 32.1. The average Bonchev–Trinajstić information content (AvgIpc) is 3.28. The van der Waals surface area contributed by atoms with Gasteiger partial charge in [-0.05, 0) is 89.6 Å². The smallest absolute Gasteiger partial charge is 0.334 e. The molecular formula is C22H27F3N4OS. The van der Waals surface area contributed by atoms with Crippen LogP contribution in [0.3, 0.4) is 0 Å². The summed E-state index contributed by atoms with van der Waals surface area (Å²) in [5, 5.41) is 9.21. The van der Waals surface area contributed by atoms with Gasteiger partial charge in [0, 0.05) is 6.54 Å². The van der Waals surface area contributed by atoms with Gasteiger partial charge >= 0.3 is 6.18 Å². The molecule has 31 heavy (non-hydrogen) atoms. The summed E-state index contributed by atoms with van der Waals surface area (Å²) in [6.45, 7) is 7.44. The van der Waals surface area contributed by atoms with Crippen molar-refractivity contribution in [3.8, 4) is 6.07 Å². The van der Waals surface area contributed by atoms with Crippen LogP contribution in [0, 0.1) is 11.3 Å². The molecule has 9 heteroatoms. The molecule has 5 nitrogen and oxygen atoms in total. The number of carbonyl (C=O) groups is 1. The summed E-state index contributed by atoms with van der Waals surface area (Å²) < 4.78 is 40.1. The highest BCUT2D eigenvalue weighted by Gasteiger charge is 2.49. The van der Waals surface area contributed by atoms with Crippen LogP contribution >= 0.6 is 12.2 Å². The molecule has 2 aliphatic heterocycles. The molecule has 0 unspecified atom stereocenters. The second kappa shape index (κ2) is 9.13. The number of hydrogen-bond acceptors (Lipinski definition) is 4. The molecule has 0 N–H and O–H groups in total.